The molecular formula is C21H25ClN2O5S. The fourth-order valence-corrected chi connectivity index (χ4v) is 3.78. The summed E-state index contributed by atoms with van der Waals surface area (Å²) in [4.78, 5) is 24.3. The summed E-state index contributed by atoms with van der Waals surface area (Å²) in [5.74, 6) is -1.32. The third-order valence-electron chi connectivity index (χ3n) is 4.39. The van der Waals surface area contributed by atoms with E-state index in [0.717, 1.165) is 23.2 Å². The van der Waals surface area contributed by atoms with Gasteiger partial charge in [-0.15, -0.1) is 0 Å². The first-order valence-electron chi connectivity index (χ1n) is 9.33. The summed E-state index contributed by atoms with van der Waals surface area (Å²) in [5, 5.41) is 2.81. The van der Waals surface area contributed by atoms with Gasteiger partial charge in [-0.1, -0.05) is 41.9 Å². The average Bonchev–Trinajstić information content (AvgIpc) is 2.71. The van der Waals surface area contributed by atoms with E-state index >= 15 is 0 Å². The Morgan fingerprint density at radius 1 is 1.13 bits per heavy atom. The SMILES string of the molecule is C[C@H](CCc1ccccc1)NC(=O)COC(=O)c1cc(S(=O)(=O)N(C)C)ccc1Cl. The number of aryl methyl sites for hydroxylation is 1. The molecule has 7 nitrogen and oxygen atoms in total. The Morgan fingerprint density at radius 2 is 1.80 bits per heavy atom. The molecule has 0 aromatic heterocycles. The number of ether oxygens (including phenoxy) is 1. The van der Waals surface area contributed by atoms with Crippen molar-refractivity contribution in [2.24, 2.45) is 0 Å². The van der Waals surface area contributed by atoms with Gasteiger partial charge < -0.3 is 10.1 Å². The molecule has 2 aromatic carbocycles. The van der Waals surface area contributed by atoms with Crippen molar-refractivity contribution in [3.63, 3.8) is 0 Å². The van der Waals surface area contributed by atoms with Crippen LogP contribution in [0.1, 0.15) is 29.3 Å². The van der Waals surface area contributed by atoms with Crippen LogP contribution in [0.5, 0.6) is 0 Å². The fraction of sp³-hybridized carbons (Fsp3) is 0.333. The Balaban J connectivity index is 1.91. The van der Waals surface area contributed by atoms with Crippen molar-refractivity contribution in [1.29, 1.82) is 0 Å². The minimum Gasteiger partial charge on any atom is -0.452 e. The summed E-state index contributed by atoms with van der Waals surface area (Å²) in [6.07, 6.45) is 1.55. The lowest BCUT2D eigenvalue weighted by Gasteiger charge is -2.15. The topological polar surface area (TPSA) is 92.8 Å². The molecule has 0 heterocycles. The molecule has 30 heavy (non-hydrogen) atoms. The van der Waals surface area contributed by atoms with E-state index in [0.29, 0.717) is 0 Å². The largest absolute Gasteiger partial charge is 0.452 e. The fourth-order valence-electron chi connectivity index (χ4n) is 2.66. The molecule has 1 atom stereocenters. The van der Waals surface area contributed by atoms with E-state index in [1.54, 1.807) is 0 Å². The molecule has 9 heteroatoms. The lowest BCUT2D eigenvalue weighted by Crippen LogP contribution is -2.36. The third kappa shape index (κ3) is 6.55. The molecule has 1 N–H and O–H groups in total. The number of nitrogens with zero attached hydrogens (tertiary/aromatic N) is 1. The zero-order valence-electron chi connectivity index (χ0n) is 17.1. The van der Waals surface area contributed by atoms with E-state index in [9.17, 15) is 18.0 Å². The second kappa shape index (κ2) is 10.6. The van der Waals surface area contributed by atoms with Gasteiger partial charge >= 0.3 is 5.97 Å². The van der Waals surface area contributed by atoms with E-state index < -0.39 is 28.5 Å². The molecule has 0 radical (unpaired) electrons. The summed E-state index contributed by atoms with van der Waals surface area (Å²) >= 11 is 6.01. The third-order valence-corrected chi connectivity index (χ3v) is 6.53. The van der Waals surface area contributed by atoms with Gasteiger partial charge in [0.15, 0.2) is 6.61 Å². The Bertz CT molecular complexity index is 994. The number of halogens is 1. The zero-order chi connectivity index (χ0) is 22.3. The van der Waals surface area contributed by atoms with Crippen molar-refractivity contribution in [2.45, 2.75) is 30.7 Å². The van der Waals surface area contributed by atoms with Crippen LogP contribution in [0.3, 0.4) is 0 Å². The molecule has 0 fully saturated rings. The first kappa shape index (κ1) is 23.9. The van der Waals surface area contributed by atoms with Crippen LogP contribution in [0.2, 0.25) is 5.02 Å². The smallest absolute Gasteiger partial charge is 0.340 e. The van der Waals surface area contributed by atoms with Crippen LogP contribution in [-0.2, 0) is 26.0 Å². The van der Waals surface area contributed by atoms with Crippen molar-refractivity contribution >= 4 is 33.5 Å². The number of hydrogen-bond donors (Lipinski definition) is 1. The Hall–Kier alpha value is -2.42. The monoisotopic (exact) mass is 452 g/mol. The highest BCUT2D eigenvalue weighted by Gasteiger charge is 2.22. The van der Waals surface area contributed by atoms with E-state index in [4.69, 9.17) is 16.3 Å². The summed E-state index contributed by atoms with van der Waals surface area (Å²) in [7, 11) is -0.978. The van der Waals surface area contributed by atoms with E-state index in [2.05, 4.69) is 5.32 Å². The highest BCUT2D eigenvalue weighted by atomic mass is 35.5. The van der Waals surface area contributed by atoms with Crippen LogP contribution >= 0.6 is 11.6 Å². The van der Waals surface area contributed by atoms with Gasteiger partial charge in [-0.25, -0.2) is 17.5 Å². The summed E-state index contributed by atoms with van der Waals surface area (Å²) in [6, 6.07) is 13.5. The van der Waals surface area contributed by atoms with Gasteiger partial charge in [0.05, 0.1) is 15.5 Å². The van der Waals surface area contributed by atoms with Crippen LogP contribution < -0.4 is 5.32 Å². The highest BCUT2D eigenvalue weighted by molar-refractivity contribution is 7.89. The number of nitrogens with one attached hydrogen (secondary N) is 1. The molecule has 0 unspecified atom stereocenters. The molecule has 2 aromatic rings. The van der Waals surface area contributed by atoms with Crippen molar-refractivity contribution in [2.75, 3.05) is 20.7 Å². The second-order valence-corrected chi connectivity index (χ2v) is 9.56. The zero-order valence-corrected chi connectivity index (χ0v) is 18.7. The lowest BCUT2D eigenvalue weighted by atomic mass is 10.1. The maximum absolute atomic E-state index is 12.3. The molecule has 0 spiro atoms. The van der Waals surface area contributed by atoms with Crippen molar-refractivity contribution in [3.8, 4) is 0 Å². The average molecular weight is 453 g/mol. The Morgan fingerprint density at radius 3 is 2.43 bits per heavy atom. The standard InChI is InChI=1S/C21H25ClN2O5S/c1-15(9-10-16-7-5-4-6-8-16)23-20(25)14-29-21(26)18-13-17(11-12-19(18)22)30(27,28)24(2)3/h4-8,11-13,15H,9-10,14H2,1-3H3,(H,23,25)/t15-/m1/s1. The summed E-state index contributed by atoms with van der Waals surface area (Å²) < 4.78 is 30.5. The van der Waals surface area contributed by atoms with Crippen LogP contribution in [0.15, 0.2) is 53.4 Å². The first-order chi connectivity index (χ1) is 14.1. The number of benzene rings is 2. The predicted octanol–water partition coefficient (Wildman–Crippen LogP) is 2.88. The molecule has 0 saturated carbocycles. The molecule has 0 aliphatic rings. The Labute approximate surface area is 182 Å². The van der Waals surface area contributed by atoms with Crippen molar-refractivity contribution in [3.05, 3.63) is 64.7 Å². The maximum atomic E-state index is 12.3. The van der Waals surface area contributed by atoms with Crippen LogP contribution in [0.25, 0.3) is 0 Å². The molecule has 1 amide bonds. The van der Waals surface area contributed by atoms with Gasteiger partial charge in [-0.2, -0.15) is 0 Å². The van der Waals surface area contributed by atoms with Gasteiger partial charge in [0.2, 0.25) is 10.0 Å². The molecule has 162 valence electrons. The number of hydrogen-bond acceptors (Lipinski definition) is 5. The summed E-state index contributed by atoms with van der Waals surface area (Å²) in [6.45, 7) is 1.38. The number of rotatable bonds is 9. The molecule has 2 rings (SSSR count). The second-order valence-electron chi connectivity index (χ2n) is 7.00. The van der Waals surface area contributed by atoms with Gasteiger partial charge in [0, 0.05) is 20.1 Å². The van der Waals surface area contributed by atoms with E-state index in [1.165, 1.54) is 31.8 Å². The Kier molecular flexibility index (Phi) is 8.40. The molecule has 0 bridgehead atoms. The van der Waals surface area contributed by atoms with Gasteiger partial charge in [0.1, 0.15) is 0 Å². The van der Waals surface area contributed by atoms with Crippen molar-refractivity contribution in [1.82, 2.24) is 9.62 Å². The lowest BCUT2D eigenvalue weighted by molar-refractivity contribution is -0.124. The van der Waals surface area contributed by atoms with E-state index in [1.807, 2.05) is 37.3 Å². The van der Waals surface area contributed by atoms with Gasteiger partial charge in [-0.05, 0) is 43.5 Å². The number of esters is 1. The van der Waals surface area contributed by atoms with Crippen LogP contribution in [0.4, 0.5) is 0 Å². The molecule has 0 aliphatic carbocycles. The van der Waals surface area contributed by atoms with Gasteiger partial charge in [-0.3, -0.25) is 4.79 Å². The molecular weight excluding hydrogens is 428 g/mol. The van der Waals surface area contributed by atoms with Crippen LogP contribution in [-0.4, -0.2) is 51.3 Å². The van der Waals surface area contributed by atoms with E-state index in [-0.39, 0.29) is 21.5 Å². The first-order valence-corrected chi connectivity index (χ1v) is 11.2. The quantitative estimate of drug-likeness (QED) is 0.590. The normalized spacial score (nSPS) is 12.4. The summed E-state index contributed by atoms with van der Waals surface area (Å²) in [5.41, 5.74) is 1.05. The minimum absolute atomic E-state index is 0.0364. The number of carbonyl (C=O) groups excluding carboxylic acids is 2. The highest BCUT2D eigenvalue weighted by Crippen LogP contribution is 2.22. The van der Waals surface area contributed by atoms with Gasteiger partial charge in [0.25, 0.3) is 5.91 Å². The minimum atomic E-state index is -3.74. The maximum Gasteiger partial charge on any atom is 0.340 e. The molecule has 0 aliphatic heterocycles. The van der Waals surface area contributed by atoms with Crippen molar-refractivity contribution < 1.29 is 22.7 Å². The number of sulfonamides is 1. The molecule has 0 saturated heterocycles. The van der Waals surface area contributed by atoms with Crippen LogP contribution in [0, 0.1) is 0 Å². The number of carbonyl (C=O) groups is 2. The predicted molar refractivity (Wildman–Crippen MR) is 115 cm³/mol. The number of amides is 1.